The zero-order valence-electron chi connectivity index (χ0n) is 13.4. The average molecular weight is 319 g/mol. The first-order chi connectivity index (χ1) is 10.6. The third-order valence-electron chi connectivity index (χ3n) is 3.69. The van der Waals surface area contributed by atoms with Gasteiger partial charge in [0.2, 0.25) is 0 Å². The summed E-state index contributed by atoms with van der Waals surface area (Å²) in [5, 5.41) is 0.692. The fraction of sp³-hybridized carbons (Fsp3) is 0.368. The van der Waals surface area contributed by atoms with Crippen molar-refractivity contribution in [2.24, 2.45) is 0 Å². The lowest BCUT2D eigenvalue weighted by atomic mass is 10.2. The molecule has 0 spiro atoms. The Morgan fingerprint density at radius 2 is 1.82 bits per heavy atom. The zero-order valence-corrected chi connectivity index (χ0v) is 14.2. The topological polar surface area (TPSA) is 13.7 Å². The summed E-state index contributed by atoms with van der Waals surface area (Å²) in [6.45, 7) is 5.00. The maximum absolute atomic E-state index is 6.12. The van der Waals surface area contributed by atoms with Crippen LogP contribution in [0.2, 0.25) is 5.02 Å². The molecular formula is C19H25ClNO+. The van der Waals surface area contributed by atoms with Gasteiger partial charge in [0.05, 0.1) is 25.2 Å². The van der Waals surface area contributed by atoms with E-state index in [2.05, 4.69) is 37.4 Å². The molecule has 22 heavy (non-hydrogen) atoms. The largest absolute Gasteiger partial charge is 0.492 e. The highest BCUT2D eigenvalue weighted by atomic mass is 35.5. The number of benzene rings is 2. The summed E-state index contributed by atoms with van der Waals surface area (Å²) in [5.41, 5.74) is 2.56. The first-order valence-corrected chi connectivity index (χ1v) is 8.27. The second-order valence-corrected chi connectivity index (χ2v) is 6.27. The first kappa shape index (κ1) is 16.9. The maximum atomic E-state index is 6.12. The Bertz CT molecular complexity index is 571. The molecule has 3 heteroatoms. The number of hydrogen-bond donors (Lipinski definition) is 1. The van der Waals surface area contributed by atoms with Gasteiger partial charge in [-0.2, -0.15) is 0 Å². The quantitative estimate of drug-likeness (QED) is 0.735. The number of hydrogen-bond acceptors (Lipinski definition) is 1. The molecule has 0 heterocycles. The molecule has 0 aliphatic heterocycles. The molecule has 2 rings (SSSR count). The minimum atomic E-state index is 0.692. The predicted molar refractivity (Wildman–Crippen MR) is 92.8 cm³/mol. The van der Waals surface area contributed by atoms with Crippen molar-refractivity contribution in [2.75, 3.05) is 20.2 Å². The van der Waals surface area contributed by atoms with Gasteiger partial charge < -0.3 is 9.64 Å². The van der Waals surface area contributed by atoms with Gasteiger partial charge in [-0.1, -0.05) is 48.0 Å². The molecule has 2 aromatic carbocycles. The Morgan fingerprint density at radius 1 is 1.05 bits per heavy atom. The molecule has 0 aliphatic rings. The van der Waals surface area contributed by atoms with Crippen LogP contribution in [0.15, 0.2) is 48.5 Å². The van der Waals surface area contributed by atoms with Crippen molar-refractivity contribution in [1.29, 1.82) is 0 Å². The summed E-state index contributed by atoms with van der Waals surface area (Å²) in [6, 6.07) is 16.5. The molecule has 0 bridgehead atoms. The second-order valence-electron chi connectivity index (χ2n) is 5.86. The van der Waals surface area contributed by atoms with E-state index >= 15 is 0 Å². The van der Waals surface area contributed by atoms with Crippen LogP contribution < -0.4 is 9.64 Å². The first-order valence-electron chi connectivity index (χ1n) is 7.89. The van der Waals surface area contributed by atoms with Crippen LogP contribution >= 0.6 is 11.6 Å². The van der Waals surface area contributed by atoms with Crippen LogP contribution in [0, 0.1) is 6.92 Å². The fourth-order valence-electron chi connectivity index (χ4n) is 2.46. The molecule has 1 atom stereocenters. The molecule has 2 nitrogen and oxygen atoms in total. The molecule has 0 saturated heterocycles. The molecule has 118 valence electrons. The van der Waals surface area contributed by atoms with Crippen LogP contribution in [0.1, 0.15) is 24.0 Å². The molecule has 0 aliphatic carbocycles. The summed E-state index contributed by atoms with van der Waals surface area (Å²) >= 11 is 6.12. The lowest BCUT2D eigenvalue weighted by Gasteiger charge is -2.14. The Hall–Kier alpha value is -1.51. The number of aryl methyl sites for hydroxylation is 1. The highest BCUT2D eigenvalue weighted by molar-refractivity contribution is 6.32. The predicted octanol–water partition coefficient (Wildman–Crippen LogP) is 3.52. The van der Waals surface area contributed by atoms with Gasteiger partial charge in [-0.3, -0.25) is 0 Å². The van der Waals surface area contributed by atoms with E-state index < -0.39 is 0 Å². The highest BCUT2D eigenvalue weighted by Crippen LogP contribution is 2.25. The van der Waals surface area contributed by atoms with E-state index in [-0.39, 0.29) is 0 Å². The molecular weight excluding hydrogens is 294 g/mol. The summed E-state index contributed by atoms with van der Waals surface area (Å²) in [4.78, 5) is 1.53. The van der Waals surface area contributed by atoms with Crippen molar-refractivity contribution < 1.29 is 9.64 Å². The van der Waals surface area contributed by atoms with Crippen LogP contribution in [0.4, 0.5) is 0 Å². The van der Waals surface area contributed by atoms with Crippen molar-refractivity contribution >= 4 is 11.6 Å². The maximum Gasteiger partial charge on any atom is 0.138 e. The Morgan fingerprint density at radius 3 is 2.59 bits per heavy atom. The number of rotatable bonds is 8. The fourth-order valence-corrected chi connectivity index (χ4v) is 2.64. The zero-order chi connectivity index (χ0) is 15.8. The average Bonchev–Trinajstić information content (AvgIpc) is 2.51. The van der Waals surface area contributed by atoms with E-state index in [1.54, 1.807) is 0 Å². The molecule has 2 aromatic rings. The summed E-state index contributed by atoms with van der Waals surface area (Å²) in [5.74, 6) is 0.798. The highest BCUT2D eigenvalue weighted by Gasteiger charge is 2.04. The Kier molecular flexibility index (Phi) is 6.75. The van der Waals surface area contributed by atoms with Crippen LogP contribution in [-0.2, 0) is 6.54 Å². The smallest absolute Gasteiger partial charge is 0.138 e. The molecule has 1 unspecified atom stereocenters. The Balaban J connectivity index is 1.64. The van der Waals surface area contributed by atoms with E-state index in [0.717, 1.165) is 38.3 Å². The summed E-state index contributed by atoms with van der Waals surface area (Å²) in [7, 11) is 2.24. The van der Waals surface area contributed by atoms with E-state index in [1.807, 2.05) is 25.1 Å². The molecule has 0 radical (unpaired) electrons. The van der Waals surface area contributed by atoms with Crippen LogP contribution in [-0.4, -0.2) is 20.2 Å². The number of unbranched alkanes of at least 4 members (excludes halogenated alkanes) is 1. The van der Waals surface area contributed by atoms with Crippen molar-refractivity contribution in [3.8, 4) is 5.75 Å². The molecule has 0 saturated carbocycles. The lowest BCUT2D eigenvalue weighted by Crippen LogP contribution is -3.07. The standard InChI is InChI=1S/C19H24ClNO/c1-16-10-11-18(20)19(14-16)22-13-7-6-12-21(2)15-17-8-4-3-5-9-17/h3-5,8-11,14H,6-7,12-13,15H2,1-2H3/p+1. The Labute approximate surface area is 138 Å². The normalized spacial score (nSPS) is 12.1. The number of halogens is 1. The minimum Gasteiger partial charge on any atom is -0.492 e. The third-order valence-corrected chi connectivity index (χ3v) is 4.00. The second kappa shape index (κ2) is 8.82. The van der Waals surface area contributed by atoms with Crippen LogP contribution in [0.25, 0.3) is 0 Å². The lowest BCUT2D eigenvalue weighted by molar-refractivity contribution is -0.894. The number of ether oxygens (including phenoxy) is 1. The van der Waals surface area contributed by atoms with Crippen LogP contribution in [0.5, 0.6) is 5.75 Å². The summed E-state index contributed by atoms with van der Waals surface area (Å²) < 4.78 is 5.78. The van der Waals surface area contributed by atoms with Crippen molar-refractivity contribution in [2.45, 2.75) is 26.3 Å². The van der Waals surface area contributed by atoms with Gasteiger partial charge in [-0.25, -0.2) is 0 Å². The number of nitrogens with one attached hydrogen (secondary N) is 1. The monoisotopic (exact) mass is 318 g/mol. The van der Waals surface area contributed by atoms with E-state index in [9.17, 15) is 0 Å². The van der Waals surface area contributed by atoms with Gasteiger partial charge in [0.25, 0.3) is 0 Å². The van der Waals surface area contributed by atoms with Gasteiger partial charge in [-0.05, 0) is 37.5 Å². The summed E-state index contributed by atoms with van der Waals surface area (Å²) in [6.07, 6.45) is 2.21. The van der Waals surface area contributed by atoms with Gasteiger partial charge in [0.1, 0.15) is 12.3 Å². The molecule has 0 fully saturated rings. The number of quaternary nitrogens is 1. The molecule has 1 N–H and O–H groups in total. The van der Waals surface area contributed by atoms with Gasteiger partial charge in [0, 0.05) is 5.56 Å². The van der Waals surface area contributed by atoms with E-state index in [4.69, 9.17) is 16.3 Å². The van der Waals surface area contributed by atoms with Gasteiger partial charge in [-0.15, -0.1) is 0 Å². The van der Waals surface area contributed by atoms with Crippen molar-refractivity contribution in [3.05, 3.63) is 64.7 Å². The molecule has 0 amide bonds. The van der Waals surface area contributed by atoms with Crippen molar-refractivity contribution in [1.82, 2.24) is 0 Å². The van der Waals surface area contributed by atoms with E-state index in [0.29, 0.717) is 5.02 Å². The van der Waals surface area contributed by atoms with Crippen molar-refractivity contribution in [3.63, 3.8) is 0 Å². The third kappa shape index (κ3) is 5.70. The molecule has 0 aromatic heterocycles. The van der Waals surface area contributed by atoms with E-state index in [1.165, 1.54) is 16.0 Å². The van der Waals surface area contributed by atoms with Gasteiger partial charge >= 0.3 is 0 Å². The SMILES string of the molecule is Cc1ccc(Cl)c(OCCCC[NH+](C)Cc2ccccc2)c1. The van der Waals surface area contributed by atoms with Gasteiger partial charge in [0.15, 0.2) is 0 Å². The van der Waals surface area contributed by atoms with Crippen LogP contribution in [0.3, 0.4) is 0 Å². The minimum absolute atomic E-state index is 0.692.